The molecule has 102 valence electrons. The molecule has 0 aliphatic carbocycles. The molecule has 0 atom stereocenters. The second-order valence-electron chi connectivity index (χ2n) is 4.39. The van der Waals surface area contributed by atoms with E-state index in [4.69, 9.17) is 0 Å². The zero-order chi connectivity index (χ0) is 14.0. The first kappa shape index (κ1) is 13.7. The monoisotopic (exact) mass is 279 g/mol. The first-order chi connectivity index (χ1) is 9.02. The van der Waals surface area contributed by atoms with E-state index in [0.29, 0.717) is 12.8 Å². The van der Waals surface area contributed by atoms with E-state index in [9.17, 15) is 4.79 Å². The topological polar surface area (TPSA) is 57.0 Å². The number of methoxy groups -OCH3 is 1. The van der Waals surface area contributed by atoms with E-state index < -0.39 is 0 Å². The Balaban J connectivity index is 2.19. The predicted octanol–water partition coefficient (Wildman–Crippen LogP) is 2.27. The molecule has 2 heterocycles. The van der Waals surface area contributed by atoms with Crippen LogP contribution in [0, 0.1) is 13.8 Å². The average molecular weight is 279 g/mol. The molecule has 2 rings (SSSR count). The molecule has 2 aromatic heterocycles. The van der Waals surface area contributed by atoms with E-state index in [2.05, 4.69) is 14.8 Å². The van der Waals surface area contributed by atoms with Gasteiger partial charge >= 0.3 is 5.97 Å². The molecule has 0 unspecified atom stereocenters. The van der Waals surface area contributed by atoms with E-state index in [1.165, 1.54) is 7.11 Å². The molecule has 0 amide bonds. The van der Waals surface area contributed by atoms with E-state index in [0.717, 1.165) is 27.7 Å². The molecule has 0 aromatic carbocycles. The van der Waals surface area contributed by atoms with Crippen molar-refractivity contribution in [2.45, 2.75) is 26.7 Å². The van der Waals surface area contributed by atoms with Crippen LogP contribution in [0.25, 0.3) is 10.6 Å². The highest BCUT2D eigenvalue weighted by molar-refractivity contribution is 7.13. The van der Waals surface area contributed by atoms with Crippen molar-refractivity contribution >= 4 is 17.3 Å². The number of thiazole rings is 1. The Hall–Kier alpha value is -1.69. The van der Waals surface area contributed by atoms with Gasteiger partial charge in [-0.15, -0.1) is 11.3 Å². The summed E-state index contributed by atoms with van der Waals surface area (Å²) in [6.07, 6.45) is 0.978. The van der Waals surface area contributed by atoms with Gasteiger partial charge in [-0.3, -0.25) is 9.48 Å². The number of nitrogens with zero attached hydrogens (tertiary/aromatic N) is 3. The summed E-state index contributed by atoms with van der Waals surface area (Å²) in [6, 6.07) is 0. The minimum Gasteiger partial charge on any atom is -0.469 e. The van der Waals surface area contributed by atoms with Crippen LogP contribution in [-0.4, -0.2) is 27.8 Å². The van der Waals surface area contributed by atoms with Gasteiger partial charge in [0.25, 0.3) is 0 Å². The van der Waals surface area contributed by atoms with Crippen molar-refractivity contribution in [1.29, 1.82) is 0 Å². The van der Waals surface area contributed by atoms with Crippen molar-refractivity contribution in [2.24, 2.45) is 7.05 Å². The maximum atomic E-state index is 11.1. The quantitative estimate of drug-likeness (QED) is 0.806. The molecule has 0 N–H and O–H groups in total. The molecule has 2 aromatic rings. The summed E-state index contributed by atoms with van der Waals surface area (Å²) >= 11 is 1.59. The zero-order valence-electron chi connectivity index (χ0n) is 11.6. The molecule has 0 saturated heterocycles. The lowest BCUT2D eigenvalue weighted by Crippen LogP contribution is -2.01. The molecular weight excluding hydrogens is 262 g/mol. The zero-order valence-corrected chi connectivity index (χ0v) is 12.4. The normalized spacial score (nSPS) is 10.7. The summed E-state index contributed by atoms with van der Waals surface area (Å²) < 4.78 is 6.49. The minimum atomic E-state index is -0.205. The molecular formula is C13H17N3O2S. The van der Waals surface area contributed by atoms with Crippen molar-refractivity contribution in [3.63, 3.8) is 0 Å². The van der Waals surface area contributed by atoms with Crippen molar-refractivity contribution in [3.05, 3.63) is 22.5 Å². The van der Waals surface area contributed by atoms with Gasteiger partial charge in [-0.2, -0.15) is 5.10 Å². The number of carbonyl (C=O) groups excluding carboxylic acids is 1. The Morgan fingerprint density at radius 1 is 1.47 bits per heavy atom. The molecule has 0 radical (unpaired) electrons. The maximum absolute atomic E-state index is 11.1. The van der Waals surface area contributed by atoms with Crippen molar-refractivity contribution in [3.8, 4) is 10.6 Å². The number of rotatable bonds is 4. The number of aryl methyl sites for hydroxylation is 3. The van der Waals surface area contributed by atoms with Crippen LogP contribution in [0.5, 0.6) is 0 Å². The summed E-state index contributed by atoms with van der Waals surface area (Å²) in [5, 5.41) is 7.34. The third-order valence-corrected chi connectivity index (χ3v) is 4.00. The minimum absolute atomic E-state index is 0.205. The highest BCUT2D eigenvalue weighted by atomic mass is 32.1. The van der Waals surface area contributed by atoms with Crippen molar-refractivity contribution in [1.82, 2.24) is 14.8 Å². The molecule has 0 spiro atoms. The number of aromatic nitrogens is 3. The van der Waals surface area contributed by atoms with E-state index >= 15 is 0 Å². The van der Waals surface area contributed by atoms with E-state index in [-0.39, 0.29) is 5.97 Å². The van der Waals surface area contributed by atoms with Crippen molar-refractivity contribution < 1.29 is 9.53 Å². The Kier molecular flexibility index (Phi) is 3.99. The highest BCUT2D eigenvalue weighted by Gasteiger charge is 2.15. The van der Waals surface area contributed by atoms with Crippen LogP contribution in [0.2, 0.25) is 0 Å². The third kappa shape index (κ3) is 2.84. The summed E-state index contributed by atoms with van der Waals surface area (Å²) in [4.78, 5) is 15.7. The number of carbonyl (C=O) groups is 1. The van der Waals surface area contributed by atoms with Crippen LogP contribution in [0.3, 0.4) is 0 Å². The molecule has 19 heavy (non-hydrogen) atoms. The van der Waals surface area contributed by atoms with Crippen LogP contribution in [0.4, 0.5) is 0 Å². The van der Waals surface area contributed by atoms with Gasteiger partial charge in [0.1, 0.15) is 5.01 Å². The van der Waals surface area contributed by atoms with Crippen LogP contribution in [-0.2, 0) is 23.0 Å². The first-order valence-electron chi connectivity index (χ1n) is 6.04. The fraction of sp³-hybridized carbons (Fsp3) is 0.462. The summed E-state index contributed by atoms with van der Waals surface area (Å²) in [7, 11) is 3.33. The molecule has 6 heteroatoms. The van der Waals surface area contributed by atoms with Gasteiger partial charge in [0, 0.05) is 24.5 Å². The fourth-order valence-electron chi connectivity index (χ4n) is 1.95. The summed E-state index contributed by atoms with van der Waals surface area (Å²) in [5.74, 6) is -0.205. The lowest BCUT2D eigenvalue weighted by atomic mass is 10.2. The van der Waals surface area contributed by atoms with Gasteiger partial charge in [0.2, 0.25) is 0 Å². The van der Waals surface area contributed by atoms with E-state index in [1.54, 1.807) is 11.3 Å². The lowest BCUT2D eigenvalue weighted by molar-refractivity contribution is -0.140. The maximum Gasteiger partial charge on any atom is 0.305 e. The SMILES string of the molecule is COC(=O)CCc1csc(-c2c(C)nn(C)c2C)n1. The Morgan fingerprint density at radius 2 is 2.21 bits per heavy atom. The summed E-state index contributed by atoms with van der Waals surface area (Å²) in [5.41, 5.74) is 4.10. The third-order valence-electron chi connectivity index (χ3n) is 3.09. The highest BCUT2D eigenvalue weighted by Crippen LogP contribution is 2.29. The second kappa shape index (κ2) is 5.52. The van der Waals surface area contributed by atoms with Gasteiger partial charge in [-0.25, -0.2) is 4.98 Å². The average Bonchev–Trinajstić information content (AvgIpc) is 2.92. The molecule has 0 aliphatic heterocycles. The fourth-order valence-corrected chi connectivity index (χ4v) is 2.95. The standard InChI is InChI=1S/C13H17N3O2S/c1-8-12(9(2)16(3)15-8)13-14-10(7-19-13)5-6-11(17)18-4/h7H,5-6H2,1-4H3. The summed E-state index contributed by atoms with van der Waals surface area (Å²) in [6.45, 7) is 4.02. The Morgan fingerprint density at radius 3 is 2.79 bits per heavy atom. The molecule has 0 fully saturated rings. The van der Waals surface area contributed by atoms with Gasteiger partial charge in [0.05, 0.1) is 30.5 Å². The van der Waals surface area contributed by atoms with Gasteiger partial charge in [-0.05, 0) is 13.8 Å². The molecule has 0 bridgehead atoms. The predicted molar refractivity (Wildman–Crippen MR) is 74.1 cm³/mol. The Labute approximate surface area is 116 Å². The number of hydrogen-bond donors (Lipinski definition) is 0. The number of ether oxygens (including phenoxy) is 1. The largest absolute Gasteiger partial charge is 0.469 e. The van der Waals surface area contributed by atoms with Gasteiger partial charge < -0.3 is 4.74 Å². The van der Waals surface area contributed by atoms with Gasteiger partial charge in [-0.1, -0.05) is 0 Å². The first-order valence-corrected chi connectivity index (χ1v) is 6.92. The molecule has 0 aliphatic rings. The number of hydrogen-bond acceptors (Lipinski definition) is 5. The van der Waals surface area contributed by atoms with Crippen LogP contribution < -0.4 is 0 Å². The Bertz CT molecular complexity index is 601. The second-order valence-corrected chi connectivity index (χ2v) is 5.25. The van der Waals surface area contributed by atoms with E-state index in [1.807, 2.05) is 31.0 Å². The lowest BCUT2D eigenvalue weighted by Gasteiger charge is -1.98. The van der Waals surface area contributed by atoms with Crippen LogP contribution >= 0.6 is 11.3 Å². The van der Waals surface area contributed by atoms with Gasteiger partial charge in [0.15, 0.2) is 0 Å². The van der Waals surface area contributed by atoms with Crippen molar-refractivity contribution in [2.75, 3.05) is 7.11 Å². The molecule has 0 saturated carbocycles. The number of esters is 1. The smallest absolute Gasteiger partial charge is 0.305 e. The van der Waals surface area contributed by atoms with Crippen LogP contribution in [0.1, 0.15) is 23.5 Å². The molecule has 5 nitrogen and oxygen atoms in total. The van der Waals surface area contributed by atoms with Crippen LogP contribution in [0.15, 0.2) is 5.38 Å².